The monoisotopic (exact) mass is 483 g/mol. The number of pyridine rings is 1. The molecule has 34 heavy (non-hydrogen) atoms. The number of hydrogen-bond acceptors (Lipinski definition) is 7. The molecular weight excluding hydrogens is 450 g/mol. The van der Waals surface area contributed by atoms with Crippen molar-refractivity contribution in [2.75, 3.05) is 45.7 Å². The Hall–Kier alpha value is -2.36. The highest BCUT2D eigenvalue weighted by molar-refractivity contribution is 7.99. The number of carbonyl (C=O) groups is 1. The number of ether oxygens (including phenoxy) is 2. The molecule has 1 N–H and O–H groups in total. The van der Waals surface area contributed by atoms with Crippen molar-refractivity contribution in [3.05, 3.63) is 29.8 Å². The maximum absolute atomic E-state index is 12.9. The lowest BCUT2D eigenvalue weighted by atomic mass is 9.79. The van der Waals surface area contributed by atoms with Crippen LogP contribution in [0.4, 0.5) is 0 Å². The van der Waals surface area contributed by atoms with E-state index in [1.807, 2.05) is 22.6 Å². The zero-order chi connectivity index (χ0) is 23.5. The summed E-state index contributed by atoms with van der Waals surface area (Å²) in [7, 11) is 1.66. The first-order valence-corrected chi connectivity index (χ1v) is 13.1. The van der Waals surface area contributed by atoms with Crippen molar-refractivity contribution in [2.24, 2.45) is 0 Å². The molecule has 2 aromatic heterocycles. The van der Waals surface area contributed by atoms with Gasteiger partial charge >= 0.3 is 0 Å². The van der Waals surface area contributed by atoms with Crippen molar-refractivity contribution >= 4 is 34.2 Å². The fourth-order valence-corrected chi connectivity index (χ4v) is 6.20. The van der Waals surface area contributed by atoms with Crippen molar-refractivity contribution in [1.82, 2.24) is 24.8 Å². The normalized spacial score (nSPS) is 18.9. The number of aryl methyl sites for hydroxylation is 1. The van der Waals surface area contributed by atoms with Gasteiger partial charge in [-0.05, 0) is 43.5 Å². The van der Waals surface area contributed by atoms with Crippen molar-refractivity contribution in [3.8, 4) is 5.75 Å². The number of thioether (sulfide) groups is 1. The highest BCUT2D eigenvalue weighted by Gasteiger charge is 2.38. The van der Waals surface area contributed by atoms with E-state index < -0.39 is 0 Å². The zero-order valence-electron chi connectivity index (χ0n) is 20.0. The Bertz CT molecular complexity index is 1170. The van der Waals surface area contributed by atoms with Gasteiger partial charge in [0.25, 0.3) is 0 Å². The van der Waals surface area contributed by atoms with E-state index >= 15 is 0 Å². The SMILES string of the molecule is COc1ccc2c(C)cc3nnc(SCC(=O)NCC4(N5CCOCC5)CCCCC4)n3c2c1. The molecular formula is C25H33N5O3S. The number of fused-ring (bicyclic) bond motifs is 3. The van der Waals surface area contributed by atoms with E-state index in [1.165, 1.54) is 31.0 Å². The van der Waals surface area contributed by atoms with Crippen LogP contribution in [0.25, 0.3) is 16.6 Å². The first-order valence-electron chi connectivity index (χ1n) is 12.1. The summed E-state index contributed by atoms with van der Waals surface area (Å²) in [6.45, 7) is 6.23. The van der Waals surface area contributed by atoms with Crippen LogP contribution in [0.1, 0.15) is 37.7 Å². The van der Waals surface area contributed by atoms with E-state index in [-0.39, 0.29) is 11.4 Å². The van der Waals surface area contributed by atoms with E-state index in [0.29, 0.717) is 17.5 Å². The number of hydrogen-bond donors (Lipinski definition) is 1. The smallest absolute Gasteiger partial charge is 0.230 e. The summed E-state index contributed by atoms with van der Waals surface area (Å²) in [4.78, 5) is 15.5. The molecule has 0 unspecified atom stereocenters. The number of morpholine rings is 1. The fraction of sp³-hybridized carbons (Fsp3) is 0.560. The number of nitrogens with one attached hydrogen (secondary N) is 1. The third-order valence-corrected chi connectivity index (χ3v) is 8.22. The summed E-state index contributed by atoms with van der Waals surface area (Å²) >= 11 is 1.42. The van der Waals surface area contributed by atoms with Crippen molar-refractivity contribution in [2.45, 2.75) is 49.7 Å². The van der Waals surface area contributed by atoms with Gasteiger partial charge < -0.3 is 14.8 Å². The summed E-state index contributed by atoms with van der Waals surface area (Å²) in [6.07, 6.45) is 6.02. The number of rotatable bonds is 7. The Labute approximate surface area is 204 Å². The maximum Gasteiger partial charge on any atom is 0.230 e. The number of nitrogens with zero attached hydrogens (tertiary/aromatic N) is 4. The third-order valence-electron chi connectivity index (χ3n) is 7.29. The van der Waals surface area contributed by atoms with Gasteiger partial charge in [0.2, 0.25) is 5.91 Å². The molecule has 1 aliphatic heterocycles. The van der Waals surface area contributed by atoms with E-state index in [2.05, 4.69) is 33.4 Å². The van der Waals surface area contributed by atoms with Crippen LogP contribution in [0.3, 0.4) is 0 Å². The number of benzene rings is 1. The summed E-state index contributed by atoms with van der Waals surface area (Å²) in [6, 6.07) is 8.04. The first-order chi connectivity index (χ1) is 16.6. The molecule has 8 nitrogen and oxygen atoms in total. The molecule has 0 bridgehead atoms. The lowest BCUT2D eigenvalue weighted by Crippen LogP contribution is -2.59. The number of aromatic nitrogens is 3. The predicted molar refractivity (Wildman–Crippen MR) is 134 cm³/mol. The van der Waals surface area contributed by atoms with E-state index in [4.69, 9.17) is 9.47 Å². The number of methoxy groups -OCH3 is 1. The lowest BCUT2D eigenvalue weighted by molar-refractivity contribution is -0.119. The molecule has 1 amide bonds. The quantitative estimate of drug-likeness (QED) is 0.516. The van der Waals surface area contributed by atoms with E-state index in [1.54, 1.807) is 7.11 Å². The maximum atomic E-state index is 12.9. The Morgan fingerprint density at radius 3 is 2.74 bits per heavy atom. The highest BCUT2D eigenvalue weighted by atomic mass is 32.2. The van der Waals surface area contributed by atoms with Crippen molar-refractivity contribution in [1.29, 1.82) is 0 Å². The van der Waals surface area contributed by atoms with Crippen LogP contribution in [0, 0.1) is 6.92 Å². The Balaban J connectivity index is 1.29. The largest absolute Gasteiger partial charge is 0.497 e. The van der Waals surface area contributed by atoms with Gasteiger partial charge in [-0.3, -0.25) is 14.1 Å². The van der Waals surface area contributed by atoms with Gasteiger partial charge in [0.15, 0.2) is 10.8 Å². The molecule has 3 aromatic rings. The average molecular weight is 484 g/mol. The fourth-order valence-electron chi connectivity index (χ4n) is 5.42. The summed E-state index contributed by atoms with van der Waals surface area (Å²) < 4.78 is 13.0. The topological polar surface area (TPSA) is 81.0 Å². The molecule has 3 heterocycles. The zero-order valence-corrected chi connectivity index (χ0v) is 20.8. The third kappa shape index (κ3) is 4.61. The minimum absolute atomic E-state index is 0.0361. The van der Waals surface area contributed by atoms with Gasteiger partial charge in [-0.2, -0.15) is 0 Å². The molecule has 1 aromatic carbocycles. The molecule has 1 saturated heterocycles. The second-order valence-corrected chi connectivity index (χ2v) is 10.3. The Morgan fingerprint density at radius 1 is 1.18 bits per heavy atom. The summed E-state index contributed by atoms with van der Waals surface area (Å²) in [5.74, 6) is 1.12. The second-order valence-electron chi connectivity index (χ2n) is 9.34. The molecule has 182 valence electrons. The molecule has 5 rings (SSSR count). The minimum Gasteiger partial charge on any atom is -0.497 e. The average Bonchev–Trinajstić information content (AvgIpc) is 3.30. The highest BCUT2D eigenvalue weighted by Crippen LogP contribution is 2.34. The molecule has 1 saturated carbocycles. The predicted octanol–water partition coefficient (Wildman–Crippen LogP) is 3.44. The standard InChI is InChI=1S/C25H33N5O3S/c1-18-14-22-27-28-24(30(22)21-15-19(32-2)6-7-20(18)21)34-16-23(31)26-17-25(8-4-3-5-9-25)29-10-12-33-13-11-29/h6-7,14-15H,3-5,8-13,16-17H2,1-2H3,(H,26,31). The van der Waals surface area contributed by atoms with Crippen molar-refractivity contribution < 1.29 is 14.3 Å². The van der Waals surface area contributed by atoms with Crippen LogP contribution in [-0.2, 0) is 9.53 Å². The van der Waals surface area contributed by atoms with Crippen LogP contribution >= 0.6 is 11.8 Å². The van der Waals surface area contributed by atoms with Crippen LogP contribution in [0.5, 0.6) is 5.75 Å². The number of carbonyl (C=O) groups excluding carboxylic acids is 1. The Morgan fingerprint density at radius 2 is 1.97 bits per heavy atom. The van der Waals surface area contributed by atoms with Crippen LogP contribution in [0.2, 0.25) is 0 Å². The molecule has 0 atom stereocenters. The van der Waals surface area contributed by atoms with E-state index in [0.717, 1.165) is 67.0 Å². The molecule has 2 aliphatic rings. The van der Waals surface area contributed by atoms with Gasteiger partial charge in [0.1, 0.15) is 5.75 Å². The molecule has 0 spiro atoms. The van der Waals surface area contributed by atoms with Gasteiger partial charge in [0, 0.05) is 36.6 Å². The Kier molecular flexibility index (Phi) is 6.94. The van der Waals surface area contributed by atoms with Crippen molar-refractivity contribution in [3.63, 3.8) is 0 Å². The summed E-state index contributed by atoms with van der Waals surface area (Å²) in [5, 5.41) is 13.8. The van der Waals surface area contributed by atoms with E-state index in [9.17, 15) is 4.79 Å². The van der Waals surface area contributed by atoms with Gasteiger partial charge in [-0.1, -0.05) is 31.0 Å². The van der Waals surface area contributed by atoms with Gasteiger partial charge in [0.05, 0.1) is 31.6 Å². The van der Waals surface area contributed by atoms with Crippen LogP contribution in [-0.4, -0.2) is 76.7 Å². The lowest BCUT2D eigenvalue weighted by Gasteiger charge is -2.48. The molecule has 2 fully saturated rings. The summed E-state index contributed by atoms with van der Waals surface area (Å²) in [5.41, 5.74) is 2.95. The van der Waals surface area contributed by atoms with Gasteiger partial charge in [-0.25, -0.2) is 0 Å². The van der Waals surface area contributed by atoms with Crippen LogP contribution < -0.4 is 10.1 Å². The second kappa shape index (κ2) is 10.1. The minimum atomic E-state index is 0.0361. The van der Waals surface area contributed by atoms with Gasteiger partial charge in [-0.15, -0.1) is 10.2 Å². The molecule has 9 heteroatoms. The molecule has 0 radical (unpaired) electrons. The molecule has 1 aliphatic carbocycles. The first kappa shape index (κ1) is 23.4. The van der Waals surface area contributed by atoms with Crippen LogP contribution in [0.15, 0.2) is 29.4 Å². The number of amides is 1.